The number of aromatic carboxylic acids is 1. The smallest absolute Gasteiger partial charge is 0.377 e. The van der Waals surface area contributed by atoms with Crippen LogP contribution in [0.25, 0.3) is 0 Å². The summed E-state index contributed by atoms with van der Waals surface area (Å²) in [6.45, 7) is 2.03. The van der Waals surface area contributed by atoms with Gasteiger partial charge in [0.2, 0.25) is 5.76 Å². The van der Waals surface area contributed by atoms with Gasteiger partial charge in [-0.2, -0.15) is 0 Å². The molecule has 0 aliphatic carbocycles. The number of carbonyl (C=O) groups excluding carboxylic acids is 1. The van der Waals surface area contributed by atoms with E-state index in [1.165, 1.54) is 25.3 Å². The Labute approximate surface area is 120 Å². The van der Waals surface area contributed by atoms with Gasteiger partial charge in [-0.15, -0.1) is 0 Å². The number of carboxylic acid groups (broad SMARTS) is 1. The molecule has 0 aromatic heterocycles. The molecule has 0 unspecified atom stereocenters. The lowest BCUT2D eigenvalue weighted by atomic mass is 10.2. The first-order chi connectivity index (χ1) is 9.49. The van der Waals surface area contributed by atoms with Crippen LogP contribution >= 0.6 is 11.6 Å². The molecule has 0 aliphatic heterocycles. The van der Waals surface area contributed by atoms with E-state index in [9.17, 15) is 9.59 Å². The van der Waals surface area contributed by atoms with E-state index in [4.69, 9.17) is 26.2 Å². The maximum Gasteiger partial charge on any atom is 0.377 e. The molecule has 20 heavy (non-hydrogen) atoms. The highest BCUT2D eigenvalue weighted by molar-refractivity contribution is 6.31. The average Bonchev–Trinajstić information content (AvgIpc) is 2.43. The van der Waals surface area contributed by atoms with Crippen LogP contribution in [-0.2, 0) is 14.3 Å². The second-order valence-corrected chi connectivity index (χ2v) is 3.91. The maximum absolute atomic E-state index is 11.5. The molecule has 0 bridgehead atoms. The van der Waals surface area contributed by atoms with Crippen LogP contribution in [-0.4, -0.2) is 30.8 Å². The number of carboxylic acids is 1. The summed E-state index contributed by atoms with van der Waals surface area (Å²) in [5.74, 6) is -2.33. The van der Waals surface area contributed by atoms with Crippen molar-refractivity contribution >= 4 is 23.5 Å². The zero-order valence-electron chi connectivity index (χ0n) is 10.9. The lowest BCUT2D eigenvalue weighted by molar-refractivity contribution is -0.138. The van der Waals surface area contributed by atoms with E-state index in [0.717, 1.165) is 6.26 Å². The SMILES string of the molecule is CCOC=C(Oc1ccc(Cl)cc1C(=O)O)C(=O)OC. The predicted octanol–water partition coefficient (Wildman–Crippen LogP) is 2.47. The highest BCUT2D eigenvalue weighted by Crippen LogP contribution is 2.25. The number of carbonyl (C=O) groups is 2. The summed E-state index contributed by atoms with van der Waals surface area (Å²) >= 11 is 5.72. The molecule has 1 aromatic carbocycles. The van der Waals surface area contributed by atoms with Gasteiger partial charge in [0.05, 0.1) is 13.7 Å². The summed E-state index contributed by atoms with van der Waals surface area (Å²) < 4.78 is 14.7. The summed E-state index contributed by atoms with van der Waals surface area (Å²) in [5.41, 5.74) is -0.177. The Hall–Kier alpha value is -2.21. The Kier molecular flexibility index (Phi) is 5.86. The summed E-state index contributed by atoms with van der Waals surface area (Å²) in [6.07, 6.45) is 1.06. The molecule has 6 nitrogen and oxygen atoms in total. The Morgan fingerprint density at radius 1 is 1.40 bits per heavy atom. The normalized spacial score (nSPS) is 10.8. The first-order valence-corrected chi connectivity index (χ1v) is 5.98. The van der Waals surface area contributed by atoms with Crippen molar-refractivity contribution in [1.82, 2.24) is 0 Å². The minimum atomic E-state index is -1.23. The molecule has 108 valence electrons. The van der Waals surface area contributed by atoms with E-state index in [-0.39, 0.29) is 22.1 Å². The summed E-state index contributed by atoms with van der Waals surface area (Å²) in [6, 6.07) is 4.00. The van der Waals surface area contributed by atoms with Crippen LogP contribution in [0, 0.1) is 0 Å². The van der Waals surface area contributed by atoms with Gasteiger partial charge in [-0.1, -0.05) is 11.6 Å². The predicted molar refractivity (Wildman–Crippen MR) is 70.8 cm³/mol. The van der Waals surface area contributed by atoms with Crippen molar-refractivity contribution in [3.8, 4) is 5.75 Å². The number of halogens is 1. The third-order valence-corrected chi connectivity index (χ3v) is 2.37. The molecule has 0 aliphatic rings. The minimum Gasteiger partial charge on any atom is -0.497 e. The molecular weight excluding hydrogens is 288 g/mol. The molecule has 0 amide bonds. The summed E-state index contributed by atoms with van der Waals surface area (Å²) in [5, 5.41) is 9.31. The largest absolute Gasteiger partial charge is 0.497 e. The van der Waals surface area contributed by atoms with E-state index in [2.05, 4.69) is 4.74 Å². The Morgan fingerprint density at radius 2 is 2.10 bits per heavy atom. The summed E-state index contributed by atoms with van der Waals surface area (Å²) in [4.78, 5) is 22.6. The van der Waals surface area contributed by atoms with Crippen LogP contribution in [0.2, 0.25) is 5.02 Å². The Balaban J connectivity index is 3.11. The molecular formula is C13H13ClO6. The lowest BCUT2D eigenvalue weighted by Gasteiger charge is -2.10. The first-order valence-electron chi connectivity index (χ1n) is 5.60. The third kappa shape index (κ3) is 4.17. The molecule has 0 saturated heterocycles. The number of ether oxygens (including phenoxy) is 3. The van der Waals surface area contributed by atoms with Gasteiger partial charge in [-0.3, -0.25) is 0 Å². The van der Waals surface area contributed by atoms with Crippen LogP contribution in [0.15, 0.2) is 30.2 Å². The van der Waals surface area contributed by atoms with Gasteiger partial charge >= 0.3 is 11.9 Å². The second-order valence-electron chi connectivity index (χ2n) is 3.48. The average molecular weight is 301 g/mol. The molecule has 1 rings (SSSR count). The topological polar surface area (TPSA) is 82.1 Å². The highest BCUT2D eigenvalue weighted by atomic mass is 35.5. The number of benzene rings is 1. The number of hydrogen-bond donors (Lipinski definition) is 1. The van der Waals surface area contributed by atoms with Crippen molar-refractivity contribution in [2.24, 2.45) is 0 Å². The molecule has 0 spiro atoms. The number of methoxy groups -OCH3 is 1. The van der Waals surface area contributed by atoms with Crippen molar-refractivity contribution in [2.75, 3.05) is 13.7 Å². The zero-order chi connectivity index (χ0) is 15.1. The van der Waals surface area contributed by atoms with Gasteiger partial charge in [0.1, 0.15) is 17.6 Å². The molecule has 0 heterocycles. The molecule has 1 N–H and O–H groups in total. The monoisotopic (exact) mass is 300 g/mol. The number of esters is 1. The molecule has 0 saturated carbocycles. The van der Waals surface area contributed by atoms with Crippen molar-refractivity contribution in [1.29, 1.82) is 0 Å². The van der Waals surface area contributed by atoms with Gasteiger partial charge in [0.15, 0.2) is 0 Å². The van der Waals surface area contributed by atoms with E-state index in [1.54, 1.807) is 6.92 Å². The van der Waals surface area contributed by atoms with Crippen molar-refractivity contribution in [3.63, 3.8) is 0 Å². The van der Waals surface area contributed by atoms with Gasteiger partial charge in [0, 0.05) is 5.02 Å². The molecule has 0 radical (unpaired) electrons. The minimum absolute atomic E-state index is 0.0433. The first kappa shape index (κ1) is 15.8. The second kappa shape index (κ2) is 7.40. The maximum atomic E-state index is 11.5. The van der Waals surface area contributed by atoms with Crippen LogP contribution in [0.4, 0.5) is 0 Å². The van der Waals surface area contributed by atoms with Crippen LogP contribution in [0.3, 0.4) is 0 Å². The van der Waals surface area contributed by atoms with Crippen LogP contribution < -0.4 is 4.74 Å². The summed E-state index contributed by atoms with van der Waals surface area (Å²) in [7, 11) is 1.17. The Bertz CT molecular complexity index is 538. The highest BCUT2D eigenvalue weighted by Gasteiger charge is 2.18. The van der Waals surface area contributed by atoms with Crippen LogP contribution in [0.5, 0.6) is 5.75 Å². The third-order valence-electron chi connectivity index (χ3n) is 2.14. The standard InChI is InChI=1S/C13H13ClO6/c1-3-19-7-11(13(17)18-2)20-10-5-4-8(14)6-9(10)12(15)16/h4-7H,3H2,1-2H3,(H,15,16). The van der Waals surface area contributed by atoms with Gasteiger partial charge in [-0.05, 0) is 25.1 Å². The molecule has 0 atom stereocenters. The van der Waals surface area contributed by atoms with Crippen LogP contribution in [0.1, 0.15) is 17.3 Å². The molecule has 0 fully saturated rings. The number of rotatable bonds is 6. The number of hydrogen-bond acceptors (Lipinski definition) is 5. The van der Waals surface area contributed by atoms with E-state index in [1.807, 2.05) is 0 Å². The van der Waals surface area contributed by atoms with E-state index < -0.39 is 11.9 Å². The van der Waals surface area contributed by atoms with Gasteiger partial charge < -0.3 is 19.3 Å². The van der Waals surface area contributed by atoms with Crippen molar-refractivity contribution in [2.45, 2.75) is 6.92 Å². The van der Waals surface area contributed by atoms with Crippen molar-refractivity contribution < 1.29 is 28.9 Å². The van der Waals surface area contributed by atoms with Gasteiger partial charge in [-0.25, -0.2) is 9.59 Å². The fourth-order valence-corrected chi connectivity index (χ4v) is 1.42. The van der Waals surface area contributed by atoms with Crippen molar-refractivity contribution in [3.05, 3.63) is 40.8 Å². The van der Waals surface area contributed by atoms with Gasteiger partial charge in [0.25, 0.3) is 0 Å². The van der Waals surface area contributed by atoms with E-state index in [0.29, 0.717) is 6.61 Å². The zero-order valence-corrected chi connectivity index (χ0v) is 11.6. The van der Waals surface area contributed by atoms with E-state index >= 15 is 0 Å². The lowest BCUT2D eigenvalue weighted by Crippen LogP contribution is -2.13. The quantitative estimate of drug-likeness (QED) is 0.494. The molecule has 1 aromatic rings. The Morgan fingerprint density at radius 3 is 2.65 bits per heavy atom. The fraction of sp³-hybridized carbons (Fsp3) is 0.231. The fourth-order valence-electron chi connectivity index (χ4n) is 1.25. The molecule has 7 heteroatoms.